The smallest absolute Gasteiger partial charge is 0.449 e. The number of carbonyl (C=O) groups is 2. The summed E-state index contributed by atoms with van der Waals surface area (Å²) in [6, 6.07) is 0.573. The van der Waals surface area contributed by atoms with Crippen LogP contribution in [0.2, 0.25) is 0 Å². The van der Waals surface area contributed by atoms with Crippen LogP contribution < -0.4 is 15.4 Å². The van der Waals surface area contributed by atoms with E-state index >= 15 is 0 Å². The van der Waals surface area contributed by atoms with Crippen LogP contribution in [-0.2, 0) is 23.6 Å². The zero-order chi connectivity index (χ0) is 31.2. The minimum Gasteiger partial charge on any atom is -0.449 e. The molecule has 2 N–H and O–H groups in total. The van der Waals surface area contributed by atoms with Gasteiger partial charge in [-0.05, 0) is 74.1 Å². The summed E-state index contributed by atoms with van der Waals surface area (Å²) in [5, 5.41) is 0. The molecule has 1 aliphatic carbocycles. The van der Waals surface area contributed by atoms with E-state index in [0.717, 1.165) is 23.1 Å². The molecule has 42 heavy (non-hydrogen) atoms. The molecule has 0 saturated heterocycles. The fourth-order valence-electron chi connectivity index (χ4n) is 5.11. The van der Waals surface area contributed by atoms with E-state index in [1.807, 2.05) is 0 Å². The van der Waals surface area contributed by atoms with Crippen molar-refractivity contribution in [1.82, 2.24) is 4.90 Å². The van der Waals surface area contributed by atoms with Gasteiger partial charge in [-0.15, -0.1) is 13.2 Å². The molecule has 230 valence electrons. The number of nitrogens with zero attached hydrogens (tertiary/aromatic N) is 2. The van der Waals surface area contributed by atoms with Crippen molar-refractivity contribution in [3.63, 3.8) is 0 Å². The molecule has 0 unspecified atom stereocenters. The second-order valence-corrected chi connectivity index (χ2v) is 9.87. The lowest BCUT2D eigenvalue weighted by Gasteiger charge is -2.44. The molecule has 2 aromatic rings. The number of fused-ring (bicyclic) bond motifs is 1. The van der Waals surface area contributed by atoms with E-state index in [2.05, 4.69) is 4.74 Å². The number of urea groups is 1. The van der Waals surface area contributed by atoms with Gasteiger partial charge in [-0.25, -0.2) is 9.59 Å². The molecule has 1 saturated carbocycles. The average molecular weight is 613 g/mol. The highest BCUT2D eigenvalue weighted by Crippen LogP contribution is 2.50. The third-order valence-electron chi connectivity index (χ3n) is 6.94. The molecule has 4 rings (SSSR count). The van der Waals surface area contributed by atoms with Crippen LogP contribution >= 0.6 is 0 Å². The van der Waals surface area contributed by atoms with E-state index in [0.29, 0.717) is 25.0 Å². The standard InChI is InChI=1S/C26H24F9N3O4/c1-2-41-23(40)38-19-6-5-17(42-26(33,34)35)10-18(19)21(11-20(38)14-3-4-14)37(22(36)39)12-13-7-15(24(27,28)29)9-16(8-13)25(30,31)32/h5-10,14,20-21H,2-4,11-12H2,1H3,(H2,36,39)/t20-,21-/m0/s1. The zero-order valence-corrected chi connectivity index (χ0v) is 21.7. The summed E-state index contributed by atoms with van der Waals surface area (Å²) in [6.07, 6.45) is -15.1. The lowest BCUT2D eigenvalue weighted by atomic mass is 9.87. The molecular weight excluding hydrogens is 589 g/mol. The van der Waals surface area contributed by atoms with Gasteiger partial charge in [-0.1, -0.05) is 0 Å². The van der Waals surface area contributed by atoms with E-state index in [4.69, 9.17) is 10.5 Å². The Kier molecular flexibility index (Phi) is 8.21. The van der Waals surface area contributed by atoms with E-state index < -0.39 is 71.9 Å². The Labute approximate surface area is 232 Å². The topological polar surface area (TPSA) is 85.1 Å². The average Bonchev–Trinajstić information content (AvgIpc) is 3.70. The first-order chi connectivity index (χ1) is 19.4. The molecule has 0 bridgehead atoms. The lowest BCUT2D eigenvalue weighted by molar-refractivity contribution is -0.274. The zero-order valence-electron chi connectivity index (χ0n) is 21.7. The van der Waals surface area contributed by atoms with Gasteiger partial charge in [-0.3, -0.25) is 4.90 Å². The summed E-state index contributed by atoms with van der Waals surface area (Å²) in [7, 11) is 0. The number of anilines is 1. The molecule has 1 fully saturated rings. The third-order valence-corrected chi connectivity index (χ3v) is 6.94. The van der Waals surface area contributed by atoms with Crippen LogP contribution in [0.4, 0.5) is 54.8 Å². The van der Waals surface area contributed by atoms with Gasteiger partial charge in [-0.2, -0.15) is 26.3 Å². The number of alkyl halides is 9. The first-order valence-electron chi connectivity index (χ1n) is 12.6. The van der Waals surface area contributed by atoms with E-state index in [1.54, 1.807) is 0 Å². The van der Waals surface area contributed by atoms with Gasteiger partial charge in [0.05, 0.1) is 29.5 Å². The van der Waals surface area contributed by atoms with Gasteiger partial charge < -0.3 is 20.1 Å². The van der Waals surface area contributed by atoms with Crippen molar-refractivity contribution in [1.29, 1.82) is 0 Å². The SMILES string of the molecule is CCOC(=O)N1c2ccc(OC(F)(F)F)cc2[C@@H](N(Cc2cc(C(F)(F)F)cc(C(F)(F)F)c2)C(N)=O)C[C@H]1C1CC1. The molecule has 3 amide bonds. The van der Waals surface area contributed by atoms with Gasteiger partial charge in [0.2, 0.25) is 0 Å². The molecule has 2 aromatic carbocycles. The Morgan fingerprint density at radius 2 is 1.55 bits per heavy atom. The number of benzene rings is 2. The predicted octanol–water partition coefficient (Wildman–Crippen LogP) is 7.39. The van der Waals surface area contributed by atoms with Gasteiger partial charge in [0.25, 0.3) is 0 Å². The molecule has 16 heteroatoms. The number of rotatable bonds is 6. The third kappa shape index (κ3) is 6.95. The van der Waals surface area contributed by atoms with E-state index in [9.17, 15) is 49.1 Å². The second-order valence-electron chi connectivity index (χ2n) is 9.87. The van der Waals surface area contributed by atoms with Crippen molar-refractivity contribution in [2.45, 2.75) is 63.5 Å². The quantitative estimate of drug-likeness (QED) is 0.345. The Hall–Kier alpha value is -3.85. The fraction of sp³-hybridized carbons (Fsp3) is 0.462. The van der Waals surface area contributed by atoms with Crippen molar-refractivity contribution in [2.75, 3.05) is 11.5 Å². The number of halogens is 9. The van der Waals surface area contributed by atoms with Crippen LogP contribution in [0.5, 0.6) is 5.75 Å². The first kappa shape index (κ1) is 31.1. The Morgan fingerprint density at radius 1 is 0.952 bits per heavy atom. The molecule has 2 atom stereocenters. The van der Waals surface area contributed by atoms with Gasteiger partial charge >= 0.3 is 30.8 Å². The normalized spacial score (nSPS) is 19.2. The predicted molar refractivity (Wildman–Crippen MR) is 128 cm³/mol. The molecule has 0 radical (unpaired) electrons. The van der Waals surface area contributed by atoms with Crippen molar-refractivity contribution in [3.8, 4) is 5.75 Å². The number of primary amides is 1. The van der Waals surface area contributed by atoms with Gasteiger partial charge in [0.15, 0.2) is 0 Å². The maximum Gasteiger partial charge on any atom is 0.573 e. The van der Waals surface area contributed by atoms with Gasteiger partial charge in [0.1, 0.15) is 5.75 Å². The van der Waals surface area contributed by atoms with Gasteiger partial charge in [0, 0.05) is 18.2 Å². The summed E-state index contributed by atoms with van der Waals surface area (Å²) in [4.78, 5) is 27.6. The van der Waals surface area contributed by atoms with Crippen LogP contribution in [0, 0.1) is 5.92 Å². The highest BCUT2D eigenvalue weighted by atomic mass is 19.4. The van der Waals surface area contributed by atoms with Crippen molar-refractivity contribution >= 4 is 17.8 Å². The van der Waals surface area contributed by atoms with Crippen LogP contribution in [0.1, 0.15) is 54.5 Å². The van der Waals surface area contributed by atoms with Crippen molar-refractivity contribution in [2.24, 2.45) is 11.7 Å². The number of ether oxygens (including phenoxy) is 2. The maximum atomic E-state index is 13.5. The number of amides is 3. The molecular formula is C26H24F9N3O4. The summed E-state index contributed by atoms with van der Waals surface area (Å²) < 4.78 is 129. The monoisotopic (exact) mass is 613 g/mol. The van der Waals surface area contributed by atoms with Crippen molar-refractivity contribution in [3.05, 3.63) is 58.7 Å². The molecule has 0 spiro atoms. The molecule has 1 heterocycles. The van der Waals surface area contributed by atoms with Crippen LogP contribution in [0.15, 0.2) is 36.4 Å². The largest absolute Gasteiger partial charge is 0.573 e. The minimum absolute atomic E-state index is 0.0300. The summed E-state index contributed by atoms with van der Waals surface area (Å²) >= 11 is 0. The summed E-state index contributed by atoms with van der Waals surface area (Å²) in [6.45, 7) is 0.649. The highest BCUT2D eigenvalue weighted by Gasteiger charge is 2.47. The molecule has 7 nitrogen and oxygen atoms in total. The maximum absolute atomic E-state index is 13.5. The Morgan fingerprint density at radius 3 is 2.02 bits per heavy atom. The molecule has 2 aliphatic rings. The number of carbonyl (C=O) groups excluding carboxylic acids is 2. The van der Waals surface area contributed by atoms with Crippen LogP contribution in [0.3, 0.4) is 0 Å². The summed E-state index contributed by atoms with van der Waals surface area (Å²) in [5.74, 6) is -0.848. The lowest BCUT2D eigenvalue weighted by Crippen LogP contribution is -2.50. The summed E-state index contributed by atoms with van der Waals surface area (Å²) in [5.41, 5.74) is 1.69. The molecule has 0 aromatic heterocycles. The van der Waals surface area contributed by atoms with Crippen LogP contribution in [-0.4, -0.2) is 36.0 Å². The minimum atomic E-state index is -5.16. The fourth-order valence-corrected chi connectivity index (χ4v) is 5.11. The van der Waals surface area contributed by atoms with E-state index in [1.165, 1.54) is 11.8 Å². The number of hydrogen-bond acceptors (Lipinski definition) is 4. The first-order valence-corrected chi connectivity index (χ1v) is 12.6. The second kappa shape index (κ2) is 11.1. The molecule has 1 aliphatic heterocycles. The Balaban J connectivity index is 1.84. The van der Waals surface area contributed by atoms with Crippen molar-refractivity contribution < 1.29 is 58.6 Å². The number of hydrogen-bond donors (Lipinski definition) is 1. The highest BCUT2D eigenvalue weighted by molar-refractivity contribution is 5.91. The van der Waals surface area contributed by atoms with E-state index in [-0.39, 0.29) is 36.3 Å². The Bertz CT molecular complexity index is 1310. The number of nitrogens with two attached hydrogens (primary N) is 1. The van der Waals surface area contributed by atoms with Crippen LogP contribution in [0.25, 0.3) is 0 Å².